The van der Waals surface area contributed by atoms with Gasteiger partial charge in [0.2, 0.25) is 5.82 Å². The highest BCUT2D eigenvalue weighted by atomic mass is 127. The molecule has 1 saturated heterocycles. The Kier molecular flexibility index (Phi) is 7.53. The summed E-state index contributed by atoms with van der Waals surface area (Å²) in [5.74, 6) is 2.65. The normalized spacial score (nSPS) is 16.6. The molecule has 29 heavy (non-hydrogen) atoms. The number of hydrogen-bond acceptors (Lipinski definition) is 5. The Morgan fingerprint density at radius 2 is 2.21 bits per heavy atom. The van der Waals surface area contributed by atoms with Gasteiger partial charge in [0.25, 0.3) is 0 Å². The van der Waals surface area contributed by atoms with Gasteiger partial charge in [0, 0.05) is 30.7 Å². The number of rotatable bonds is 5. The van der Waals surface area contributed by atoms with Crippen LogP contribution < -0.4 is 15.5 Å². The van der Waals surface area contributed by atoms with Crippen LogP contribution in [0.4, 0.5) is 5.69 Å². The van der Waals surface area contributed by atoms with Gasteiger partial charge in [0.1, 0.15) is 5.82 Å². The highest BCUT2D eigenvalue weighted by Crippen LogP contribution is 2.28. The second-order valence-electron chi connectivity index (χ2n) is 6.54. The molecule has 10 heteroatoms. The molecule has 4 rings (SSSR count). The number of benzene rings is 1. The van der Waals surface area contributed by atoms with E-state index in [1.54, 1.807) is 13.3 Å². The Balaban J connectivity index is 0.00000240. The van der Waals surface area contributed by atoms with Crippen LogP contribution in [0.5, 0.6) is 0 Å². The van der Waals surface area contributed by atoms with E-state index in [-0.39, 0.29) is 24.0 Å². The number of guanidine groups is 1. The molecule has 1 aliphatic rings. The van der Waals surface area contributed by atoms with Crippen LogP contribution in [0.15, 0.2) is 56.5 Å². The zero-order valence-electron chi connectivity index (χ0n) is 15.9. The number of anilines is 1. The Labute approximate surface area is 194 Å². The molecule has 0 aliphatic carbocycles. The molecule has 0 amide bonds. The highest BCUT2D eigenvalue weighted by Gasteiger charge is 2.24. The molecule has 8 nitrogen and oxygen atoms in total. The van der Waals surface area contributed by atoms with Crippen LogP contribution in [0.3, 0.4) is 0 Å². The topological polar surface area (TPSA) is 94.4 Å². The zero-order chi connectivity index (χ0) is 19.3. The summed E-state index contributed by atoms with van der Waals surface area (Å²) in [6, 6.07) is 12.3. The molecular weight excluding hydrogens is 549 g/mol. The summed E-state index contributed by atoms with van der Waals surface area (Å²) in [4.78, 5) is 11.1. The first kappa shape index (κ1) is 21.6. The van der Waals surface area contributed by atoms with E-state index in [2.05, 4.69) is 69.8 Å². The van der Waals surface area contributed by atoms with Crippen molar-refractivity contribution < 1.29 is 4.42 Å². The lowest BCUT2D eigenvalue weighted by Gasteiger charge is -2.21. The van der Waals surface area contributed by atoms with Gasteiger partial charge in [-0.25, -0.2) is 4.98 Å². The minimum Gasteiger partial charge on any atom is -0.461 e. The molecule has 0 radical (unpaired) electrons. The lowest BCUT2D eigenvalue weighted by atomic mass is 10.3. The van der Waals surface area contributed by atoms with Crippen molar-refractivity contribution in [3.8, 4) is 11.6 Å². The number of furan rings is 1. The van der Waals surface area contributed by atoms with Crippen molar-refractivity contribution in [3.63, 3.8) is 0 Å². The number of aliphatic imine (C=N–C) groups is 1. The number of para-hydroxylation sites is 1. The standard InChI is InChI=1S/C19H22BrN7O.HI/c1-21-19(22-11-17-24-18(26-25-17)16-7-4-10-28-16)23-13-8-9-27(12-13)15-6-3-2-5-14(15)20;/h2-7,10,13H,8-9,11-12H2,1H3,(H2,21,22,23)(H,24,25,26);1H. The number of aromatic amines is 1. The fourth-order valence-electron chi connectivity index (χ4n) is 3.25. The maximum absolute atomic E-state index is 5.31. The van der Waals surface area contributed by atoms with Crippen molar-refractivity contribution in [3.05, 3.63) is 53.0 Å². The molecule has 3 N–H and O–H groups in total. The maximum atomic E-state index is 5.31. The van der Waals surface area contributed by atoms with E-state index in [0.717, 1.165) is 35.8 Å². The lowest BCUT2D eigenvalue weighted by Crippen LogP contribution is -2.44. The summed E-state index contributed by atoms with van der Waals surface area (Å²) in [6.07, 6.45) is 2.65. The van der Waals surface area contributed by atoms with E-state index in [1.807, 2.05) is 18.2 Å². The summed E-state index contributed by atoms with van der Waals surface area (Å²) >= 11 is 3.64. The fraction of sp³-hybridized carbons (Fsp3) is 0.316. The van der Waals surface area contributed by atoms with E-state index in [0.29, 0.717) is 24.2 Å². The molecule has 154 valence electrons. The van der Waals surface area contributed by atoms with Crippen molar-refractivity contribution >= 4 is 51.6 Å². The number of halogens is 2. The number of hydrogen-bond donors (Lipinski definition) is 3. The lowest BCUT2D eigenvalue weighted by molar-refractivity contribution is 0.577. The number of H-pyrrole nitrogens is 1. The summed E-state index contributed by atoms with van der Waals surface area (Å²) in [6.45, 7) is 2.42. The third kappa shape index (κ3) is 5.30. The maximum Gasteiger partial charge on any atom is 0.216 e. The minimum atomic E-state index is 0. The molecule has 3 aromatic rings. The molecule has 1 aliphatic heterocycles. The summed E-state index contributed by atoms with van der Waals surface area (Å²) in [5, 5.41) is 13.9. The van der Waals surface area contributed by atoms with Crippen LogP contribution in [0.25, 0.3) is 11.6 Å². The molecular formula is C19H23BrIN7O. The molecule has 1 fully saturated rings. The number of nitrogens with zero attached hydrogens (tertiary/aromatic N) is 4. The van der Waals surface area contributed by atoms with E-state index in [4.69, 9.17) is 4.42 Å². The fourth-order valence-corrected chi connectivity index (χ4v) is 3.79. The third-order valence-electron chi connectivity index (χ3n) is 4.64. The van der Waals surface area contributed by atoms with Crippen molar-refractivity contribution in [1.29, 1.82) is 0 Å². The highest BCUT2D eigenvalue weighted by molar-refractivity contribution is 14.0. The second-order valence-corrected chi connectivity index (χ2v) is 7.39. The summed E-state index contributed by atoms with van der Waals surface area (Å²) < 4.78 is 6.43. The summed E-state index contributed by atoms with van der Waals surface area (Å²) in [7, 11) is 1.77. The van der Waals surface area contributed by atoms with E-state index < -0.39 is 0 Å². The quantitative estimate of drug-likeness (QED) is 0.247. The van der Waals surface area contributed by atoms with Gasteiger partial charge in [0.15, 0.2) is 11.7 Å². The first-order valence-electron chi connectivity index (χ1n) is 9.15. The molecule has 2 aromatic heterocycles. The monoisotopic (exact) mass is 571 g/mol. The molecule has 0 saturated carbocycles. The summed E-state index contributed by atoms with van der Waals surface area (Å²) in [5.41, 5.74) is 1.22. The minimum absolute atomic E-state index is 0. The third-order valence-corrected chi connectivity index (χ3v) is 5.31. The van der Waals surface area contributed by atoms with Crippen molar-refractivity contribution in [2.75, 3.05) is 25.0 Å². The van der Waals surface area contributed by atoms with Gasteiger partial charge in [0.05, 0.1) is 18.5 Å². The second kappa shape index (κ2) is 10.1. The smallest absolute Gasteiger partial charge is 0.216 e. The van der Waals surface area contributed by atoms with Crippen LogP contribution in [0.2, 0.25) is 0 Å². The first-order chi connectivity index (χ1) is 13.7. The van der Waals surface area contributed by atoms with Gasteiger partial charge in [-0.2, -0.15) is 0 Å². The average Bonchev–Trinajstić information content (AvgIpc) is 3.46. The van der Waals surface area contributed by atoms with Crippen LogP contribution >= 0.6 is 39.9 Å². The first-order valence-corrected chi connectivity index (χ1v) is 9.94. The van der Waals surface area contributed by atoms with Gasteiger partial charge >= 0.3 is 0 Å². The molecule has 3 heterocycles. The largest absolute Gasteiger partial charge is 0.461 e. The van der Waals surface area contributed by atoms with Gasteiger partial charge in [-0.1, -0.05) is 12.1 Å². The SMILES string of the molecule is CN=C(NCc1nc(-c2ccco2)n[nH]1)NC1CCN(c2ccccc2Br)C1.I. The number of aromatic nitrogens is 3. The Morgan fingerprint density at radius 3 is 2.97 bits per heavy atom. The molecule has 1 aromatic carbocycles. The predicted molar refractivity (Wildman–Crippen MR) is 128 cm³/mol. The van der Waals surface area contributed by atoms with Crippen molar-refractivity contribution in [2.24, 2.45) is 4.99 Å². The van der Waals surface area contributed by atoms with E-state index in [9.17, 15) is 0 Å². The molecule has 0 bridgehead atoms. The molecule has 1 atom stereocenters. The predicted octanol–water partition coefficient (Wildman–Crippen LogP) is 3.39. The Hall–Kier alpha value is -2.08. The Bertz CT molecular complexity index is 944. The average molecular weight is 572 g/mol. The van der Waals surface area contributed by atoms with Gasteiger partial charge in [-0.15, -0.1) is 29.1 Å². The van der Waals surface area contributed by atoms with E-state index in [1.165, 1.54) is 5.69 Å². The van der Waals surface area contributed by atoms with Crippen LogP contribution in [-0.4, -0.2) is 47.3 Å². The zero-order valence-corrected chi connectivity index (χ0v) is 19.8. The van der Waals surface area contributed by atoms with Gasteiger partial charge < -0.3 is 20.0 Å². The van der Waals surface area contributed by atoms with Crippen LogP contribution in [0.1, 0.15) is 12.2 Å². The van der Waals surface area contributed by atoms with Gasteiger partial charge in [-0.3, -0.25) is 10.1 Å². The Morgan fingerprint density at radius 1 is 1.34 bits per heavy atom. The number of nitrogens with one attached hydrogen (secondary N) is 3. The van der Waals surface area contributed by atoms with Crippen molar-refractivity contribution in [1.82, 2.24) is 25.8 Å². The van der Waals surface area contributed by atoms with Gasteiger partial charge in [-0.05, 0) is 46.6 Å². The van der Waals surface area contributed by atoms with Crippen LogP contribution in [-0.2, 0) is 6.54 Å². The molecule has 1 unspecified atom stereocenters. The van der Waals surface area contributed by atoms with E-state index >= 15 is 0 Å². The molecule has 0 spiro atoms. The van der Waals surface area contributed by atoms with Crippen LogP contribution in [0, 0.1) is 0 Å². The van der Waals surface area contributed by atoms with Crippen molar-refractivity contribution in [2.45, 2.75) is 19.0 Å².